The van der Waals surface area contributed by atoms with Crippen LogP contribution < -0.4 is 9.47 Å². The first-order valence-electron chi connectivity index (χ1n) is 8.51. The molecule has 4 nitrogen and oxygen atoms in total. The summed E-state index contributed by atoms with van der Waals surface area (Å²) in [6.07, 6.45) is 4.93. The first-order chi connectivity index (χ1) is 11.1. The third-order valence-electron chi connectivity index (χ3n) is 6.61. The fourth-order valence-electron chi connectivity index (χ4n) is 5.35. The van der Waals surface area contributed by atoms with E-state index in [1.54, 1.807) is 14.2 Å². The average Bonchev–Trinajstić information content (AvgIpc) is 3.24. The maximum absolute atomic E-state index is 12.3. The molecule has 3 fully saturated rings. The van der Waals surface area contributed by atoms with Crippen molar-refractivity contribution >= 4 is 5.78 Å². The number of hydrogen-bond donors (Lipinski definition) is 0. The van der Waals surface area contributed by atoms with Gasteiger partial charge < -0.3 is 14.4 Å². The fraction of sp³-hybridized carbons (Fsp3) is 0.632. The molecular weight excluding hydrogens is 290 g/mol. The molecule has 3 aliphatic rings. The molecule has 4 heteroatoms. The topological polar surface area (TPSA) is 38.8 Å². The summed E-state index contributed by atoms with van der Waals surface area (Å²) in [5.74, 6) is 2.00. The summed E-state index contributed by atoms with van der Waals surface area (Å²) < 4.78 is 10.9. The van der Waals surface area contributed by atoms with Crippen molar-refractivity contribution in [1.82, 2.24) is 4.90 Å². The number of ketones is 1. The van der Waals surface area contributed by atoms with E-state index >= 15 is 0 Å². The number of likely N-dealkylation sites (tertiary alicyclic amines) is 1. The normalized spacial score (nSPS) is 32.0. The Balaban J connectivity index is 1.86. The molecule has 1 heterocycles. The molecule has 0 N–H and O–H groups in total. The average molecular weight is 315 g/mol. The van der Waals surface area contributed by atoms with Crippen LogP contribution >= 0.6 is 0 Å². The van der Waals surface area contributed by atoms with Gasteiger partial charge in [0.15, 0.2) is 11.5 Å². The minimum atomic E-state index is 0.0925. The van der Waals surface area contributed by atoms with Gasteiger partial charge in [-0.1, -0.05) is 6.07 Å². The van der Waals surface area contributed by atoms with Crippen LogP contribution in [-0.2, 0) is 10.2 Å². The highest BCUT2D eigenvalue weighted by Crippen LogP contribution is 2.69. The van der Waals surface area contributed by atoms with E-state index in [-0.39, 0.29) is 10.8 Å². The molecule has 23 heavy (non-hydrogen) atoms. The highest BCUT2D eigenvalue weighted by Gasteiger charge is 2.68. The standard InChI is InChI=1S/C19H25NO3/c1-20-9-8-19(13-4-5-15(22-2)16(10-13)23-3)17(20)11-14(21)12-18(19)6-7-18/h4-5,10,17H,6-9,11-12H2,1-3H3. The van der Waals surface area contributed by atoms with Crippen molar-refractivity contribution in [2.75, 3.05) is 27.8 Å². The third-order valence-corrected chi connectivity index (χ3v) is 6.61. The molecule has 124 valence electrons. The quantitative estimate of drug-likeness (QED) is 0.860. The van der Waals surface area contributed by atoms with Gasteiger partial charge in [-0.15, -0.1) is 0 Å². The number of hydrogen-bond acceptors (Lipinski definition) is 4. The maximum Gasteiger partial charge on any atom is 0.161 e. The Bertz CT molecular complexity index is 652. The van der Waals surface area contributed by atoms with Gasteiger partial charge in [0, 0.05) is 24.3 Å². The molecule has 0 aromatic heterocycles. The van der Waals surface area contributed by atoms with Gasteiger partial charge in [0.1, 0.15) is 5.78 Å². The second kappa shape index (κ2) is 4.97. The molecule has 1 aromatic rings. The molecule has 1 aliphatic heterocycles. The van der Waals surface area contributed by atoms with Crippen LogP contribution in [0.25, 0.3) is 0 Å². The van der Waals surface area contributed by atoms with Crippen molar-refractivity contribution < 1.29 is 14.3 Å². The molecule has 0 amide bonds. The van der Waals surface area contributed by atoms with Crippen LogP contribution in [0.1, 0.15) is 37.7 Å². The van der Waals surface area contributed by atoms with E-state index in [0.717, 1.165) is 30.9 Å². The summed E-state index contributed by atoms with van der Waals surface area (Å²) in [5, 5.41) is 0. The second-order valence-electron chi connectivity index (χ2n) is 7.49. The highest BCUT2D eigenvalue weighted by atomic mass is 16.5. The molecule has 1 saturated heterocycles. The summed E-state index contributed by atoms with van der Waals surface area (Å²) in [5.41, 5.74) is 1.60. The van der Waals surface area contributed by atoms with Crippen molar-refractivity contribution in [3.63, 3.8) is 0 Å². The molecule has 4 rings (SSSR count). The van der Waals surface area contributed by atoms with E-state index in [9.17, 15) is 4.79 Å². The van der Waals surface area contributed by atoms with E-state index in [1.165, 1.54) is 18.4 Å². The van der Waals surface area contributed by atoms with Crippen LogP contribution in [-0.4, -0.2) is 44.5 Å². The van der Waals surface area contributed by atoms with E-state index in [1.807, 2.05) is 6.07 Å². The Kier molecular flexibility index (Phi) is 3.24. The summed E-state index contributed by atoms with van der Waals surface area (Å²) in [7, 11) is 5.53. The molecule has 1 aromatic carbocycles. The number of carbonyl (C=O) groups is 1. The minimum Gasteiger partial charge on any atom is -0.493 e. The zero-order chi connectivity index (χ0) is 16.2. The van der Waals surface area contributed by atoms with Gasteiger partial charge >= 0.3 is 0 Å². The fourth-order valence-corrected chi connectivity index (χ4v) is 5.35. The van der Waals surface area contributed by atoms with Gasteiger partial charge in [0.05, 0.1) is 14.2 Å². The van der Waals surface area contributed by atoms with E-state index in [4.69, 9.17) is 9.47 Å². The molecule has 2 aliphatic carbocycles. The lowest BCUT2D eigenvalue weighted by Gasteiger charge is -2.48. The van der Waals surface area contributed by atoms with Crippen molar-refractivity contribution in [1.29, 1.82) is 0 Å². The number of benzene rings is 1. The first-order valence-corrected chi connectivity index (χ1v) is 8.51. The van der Waals surface area contributed by atoms with Gasteiger partial charge in [-0.3, -0.25) is 4.79 Å². The van der Waals surface area contributed by atoms with Gasteiger partial charge in [-0.2, -0.15) is 0 Å². The number of carbonyl (C=O) groups excluding carboxylic acids is 1. The van der Waals surface area contributed by atoms with Crippen LogP contribution in [0.15, 0.2) is 18.2 Å². The zero-order valence-electron chi connectivity index (χ0n) is 14.2. The largest absolute Gasteiger partial charge is 0.493 e. The molecule has 0 bridgehead atoms. The first kappa shape index (κ1) is 15.0. The predicted molar refractivity (Wildman–Crippen MR) is 88.2 cm³/mol. The minimum absolute atomic E-state index is 0.0925. The summed E-state index contributed by atoms with van der Waals surface area (Å²) in [4.78, 5) is 14.7. The summed E-state index contributed by atoms with van der Waals surface area (Å²) in [6.45, 7) is 1.06. The van der Waals surface area contributed by atoms with Crippen molar-refractivity contribution in [3.8, 4) is 11.5 Å². The Hall–Kier alpha value is -1.55. The predicted octanol–water partition coefficient (Wildman–Crippen LogP) is 2.79. The van der Waals surface area contributed by atoms with E-state index in [2.05, 4.69) is 24.1 Å². The number of Topliss-reactive ketones (excluding diaryl/α,β-unsaturated/α-hetero) is 1. The van der Waals surface area contributed by atoms with E-state index < -0.39 is 0 Å². The lowest BCUT2D eigenvalue weighted by molar-refractivity contribution is -0.125. The number of methoxy groups -OCH3 is 2. The second-order valence-corrected chi connectivity index (χ2v) is 7.49. The summed E-state index contributed by atoms with van der Waals surface area (Å²) in [6, 6.07) is 6.69. The zero-order valence-corrected chi connectivity index (χ0v) is 14.2. The van der Waals surface area contributed by atoms with Gasteiger partial charge in [0.25, 0.3) is 0 Å². The monoisotopic (exact) mass is 315 g/mol. The van der Waals surface area contributed by atoms with Gasteiger partial charge in [-0.25, -0.2) is 0 Å². The van der Waals surface area contributed by atoms with Gasteiger partial charge in [0.2, 0.25) is 0 Å². The molecular formula is C19H25NO3. The van der Waals surface area contributed by atoms with Crippen LogP contribution in [0.5, 0.6) is 11.5 Å². The van der Waals surface area contributed by atoms with Gasteiger partial charge in [-0.05, 0) is 56.0 Å². The van der Waals surface area contributed by atoms with Crippen molar-refractivity contribution in [2.24, 2.45) is 5.41 Å². The Labute approximate surface area is 137 Å². The SMILES string of the molecule is COc1ccc(C23CCN(C)C2CC(=O)CC32CC2)cc1OC. The molecule has 0 radical (unpaired) electrons. The maximum atomic E-state index is 12.3. The lowest BCUT2D eigenvalue weighted by Crippen LogP contribution is -2.53. The smallest absolute Gasteiger partial charge is 0.161 e. The van der Waals surface area contributed by atoms with Crippen LogP contribution in [0.4, 0.5) is 0 Å². The van der Waals surface area contributed by atoms with E-state index in [0.29, 0.717) is 18.2 Å². The molecule has 2 unspecified atom stereocenters. The number of likely N-dealkylation sites (N-methyl/N-ethyl adjacent to an activating group) is 1. The van der Waals surface area contributed by atoms with Crippen LogP contribution in [0.2, 0.25) is 0 Å². The van der Waals surface area contributed by atoms with Crippen LogP contribution in [0.3, 0.4) is 0 Å². The number of fused-ring (bicyclic) bond motifs is 2. The highest BCUT2D eigenvalue weighted by molar-refractivity contribution is 5.83. The Morgan fingerprint density at radius 1 is 1.13 bits per heavy atom. The number of nitrogens with zero attached hydrogens (tertiary/aromatic N) is 1. The third kappa shape index (κ3) is 1.90. The Morgan fingerprint density at radius 3 is 2.52 bits per heavy atom. The number of rotatable bonds is 3. The Morgan fingerprint density at radius 2 is 1.87 bits per heavy atom. The molecule has 2 saturated carbocycles. The lowest BCUT2D eigenvalue weighted by atomic mass is 9.57. The van der Waals surface area contributed by atoms with Crippen LogP contribution in [0, 0.1) is 5.41 Å². The number of ether oxygens (including phenoxy) is 2. The molecule has 1 spiro atoms. The van der Waals surface area contributed by atoms with Crippen molar-refractivity contribution in [2.45, 2.75) is 43.6 Å². The molecule has 2 atom stereocenters. The van der Waals surface area contributed by atoms with Crippen molar-refractivity contribution in [3.05, 3.63) is 23.8 Å². The summed E-state index contributed by atoms with van der Waals surface area (Å²) >= 11 is 0.